The Kier molecular flexibility index (Phi) is 17.4. The minimum Gasteiger partial charge on any atom is -0.481 e. The van der Waals surface area contributed by atoms with Crippen molar-refractivity contribution in [2.45, 2.75) is 82.5 Å². The number of Topliss-reactive ketones (excluding diaryl/α,β-unsaturated/α-hetero) is 1. The summed E-state index contributed by atoms with van der Waals surface area (Å²) in [5.74, 6) is -6.72. The van der Waals surface area contributed by atoms with Gasteiger partial charge in [0.2, 0.25) is 17.7 Å². The molecule has 16 heteroatoms. The molecule has 1 aromatic rings. The second-order valence-corrected chi connectivity index (χ2v) is 10.7. The van der Waals surface area contributed by atoms with E-state index < -0.39 is 78.4 Å². The zero-order chi connectivity index (χ0) is 33.9. The van der Waals surface area contributed by atoms with Gasteiger partial charge in [0.05, 0.1) is 18.5 Å². The van der Waals surface area contributed by atoms with Crippen LogP contribution >= 0.6 is 0 Å². The van der Waals surface area contributed by atoms with E-state index in [0.717, 1.165) is 0 Å². The van der Waals surface area contributed by atoms with Gasteiger partial charge >= 0.3 is 11.9 Å². The number of hydrogen-bond donors (Lipinski definition) is 9. The van der Waals surface area contributed by atoms with Gasteiger partial charge in [-0.1, -0.05) is 37.3 Å². The zero-order valence-electron chi connectivity index (χ0n) is 25.4. The molecule has 16 nitrogen and oxygen atoms in total. The van der Waals surface area contributed by atoms with Crippen LogP contribution in [0.2, 0.25) is 0 Å². The molecule has 0 saturated carbocycles. The van der Waals surface area contributed by atoms with Crippen LogP contribution in [-0.2, 0) is 35.2 Å². The maximum absolute atomic E-state index is 13.2. The molecule has 45 heavy (non-hydrogen) atoms. The molecule has 250 valence electrons. The number of amides is 3. The highest BCUT2D eigenvalue weighted by Crippen LogP contribution is 2.11. The van der Waals surface area contributed by atoms with Crippen LogP contribution in [0.5, 0.6) is 0 Å². The van der Waals surface area contributed by atoms with Crippen molar-refractivity contribution in [2.24, 2.45) is 33.8 Å². The number of benzene rings is 1. The second-order valence-electron chi connectivity index (χ2n) is 10.7. The molecule has 1 aromatic carbocycles. The van der Waals surface area contributed by atoms with Gasteiger partial charge in [0, 0.05) is 25.3 Å². The van der Waals surface area contributed by atoms with Crippen LogP contribution in [0.25, 0.3) is 0 Å². The fourth-order valence-corrected chi connectivity index (χ4v) is 4.28. The number of rotatable bonds is 22. The van der Waals surface area contributed by atoms with Gasteiger partial charge in [-0.3, -0.25) is 29.0 Å². The van der Waals surface area contributed by atoms with E-state index in [4.69, 9.17) is 22.9 Å². The van der Waals surface area contributed by atoms with E-state index in [1.807, 2.05) is 0 Å². The van der Waals surface area contributed by atoms with Crippen molar-refractivity contribution in [3.05, 3.63) is 35.9 Å². The monoisotopic (exact) mass is 634 g/mol. The topological polar surface area (TPSA) is 295 Å². The van der Waals surface area contributed by atoms with E-state index in [1.54, 1.807) is 30.3 Å². The van der Waals surface area contributed by atoms with Crippen molar-refractivity contribution < 1.29 is 39.0 Å². The number of nitrogens with one attached hydrogen (secondary N) is 3. The number of ketones is 1. The van der Waals surface area contributed by atoms with Gasteiger partial charge in [-0.25, -0.2) is 4.79 Å². The third kappa shape index (κ3) is 15.6. The van der Waals surface area contributed by atoms with Gasteiger partial charge in [0.25, 0.3) is 0 Å². The lowest BCUT2D eigenvalue weighted by molar-refractivity contribution is -0.143. The number of nitrogens with zero attached hydrogens (tertiary/aromatic N) is 1. The van der Waals surface area contributed by atoms with Crippen LogP contribution in [0.3, 0.4) is 0 Å². The summed E-state index contributed by atoms with van der Waals surface area (Å²) in [5, 5.41) is 26.3. The van der Waals surface area contributed by atoms with Gasteiger partial charge in [-0.15, -0.1) is 0 Å². The fraction of sp³-hybridized carbons (Fsp3) is 0.552. The number of nitrogens with two attached hydrogens (primary N) is 4. The second kappa shape index (κ2) is 20.4. The van der Waals surface area contributed by atoms with Crippen LogP contribution < -0.4 is 38.9 Å². The van der Waals surface area contributed by atoms with Crippen molar-refractivity contribution >= 4 is 41.4 Å². The Bertz CT molecular complexity index is 1180. The minimum atomic E-state index is -1.52. The SMILES string of the molecule is CC(CC(=O)[C@H](CC(=O)O)NC(=O)C(CCCCN)NC(=O)[C@@H](N)CCCN=C(N)N)C(=O)NC(Cc1ccccc1)C(=O)O. The maximum Gasteiger partial charge on any atom is 0.326 e. The maximum atomic E-state index is 13.2. The summed E-state index contributed by atoms with van der Waals surface area (Å²) >= 11 is 0. The Morgan fingerprint density at radius 2 is 1.42 bits per heavy atom. The first-order valence-corrected chi connectivity index (χ1v) is 14.7. The number of hydrogen-bond acceptors (Lipinski definition) is 9. The van der Waals surface area contributed by atoms with E-state index in [9.17, 15) is 39.0 Å². The van der Waals surface area contributed by atoms with Gasteiger partial charge in [0.1, 0.15) is 12.1 Å². The highest BCUT2D eigenvalue weighted by atomic mass is 16.4. The van der Waals surface area contributed by atoms with E-state index in [1.165, 1.54) is 6.92 Å². The number of aliphatic carboxylic acids is 2. The molecule has 0 aliphatic heterocycles. The first-order chi connectivity index (χ1) is 21.2. The number of aliphatic imine (C=N–C) groups is 1. The van der Waals surface area contributed by atoms with E-state index in [-0.39, 0.29) is 31.8 Å². The number of carbonyl (C=O) groups excluding carboxylic acids is 4. The van der Waals surface area contributed by atoms with E-state index in [0.29, 0.717) is 31.4 Å². The average Bonchev–Trinajstić information content (AvgIpc) is 2.97. The Hall–Kier alpha value is -4.57. The van der Waals surface area contributed by atoms with Gasteiger partial charge in [-0.05, 0) is 44.2 Å². The molecule has 0 fully saturated rings. The van der Waals surface area contributed by atoms with Crippen LogP contribution in [0.15, 0.2) is 35.3 Å². The van der Waals surface area contributed by atoms with Crippen LogP contribution in [0, 0.1) is 5.92 Å². The number of guanidine groups is 1. The molecule has 3 amide bonds. The Balaban J connectivity index is 2.92. The first kappa shape index (κ1) is 38.5. The van der Waals surface area contributed by atoms with E-state index in [2.05, 4.69) is 20.9 Å². The molecule has 0 heterocycles. The Morgan fingerprint density at radius 1 is 0.800 bits per heavy atom. The number of carboxylic acids is 2. The summed E-state index contributed by atoms with van der Waals surface area (Å²) in [6.45, 7) is 1.97. The highest BCUT2D eigenvalue weighted by Gasteiger charge is 2.31. The Morgan fingerprint density at radius 3 is 2.00 bits per heavy atom. The smallest absolute Gasteiger partial charge is 0.326 e. The third-order valence-corrected chi connectivity index (χ3v) is 6.82. The molecule has 0 bridgehead atoms. The predicted octanol–water partition coefficient (Wildman–Crippen LogP) is -1.65. The number of unbranched alkanes of at least 4 members (excludes halogenated alkanes) is 1. The summed E-state index contributed by atoms with van der Waals surface area (Å²) < 4.78 is 0. The molecule has 0 spiro atoms. The molecule has 0 aromatic heterocycles. The summed E-state index contributed by atoms with van der Waals surface area (Å²) in [6, 6.07) is 3.73. The largest absolute Gasteiger partial charge is 0.481 e. The normalized spacial score (nSPS) is 14.1. The summed E-state index contributed by atoms with van der Waals surface area (Å²) in [7, 11) is 0. The summed E-state index contributed by atoms with van der Waals surface area (Å²) in [5.41, 5.74) is 22.7. The summed E-state index contributed by atoms with van der Waals surface area (Å²) in [6.07, 6.45) is 0.487. The molecule has 0 saturated heterocycles. The van der Waals surface area contributed by atoms with Crippen molar-refractivity contribution in [3.8, 4) is 0 Å². The molecule has 0 aliphatic rings. The quantitative estimate of drug-likeness (QED) is 0.0394. The average molecular weight is 635 g/mol. The van der Waals surface area contributed by atoms with Gasteiger partial charge in [0.15, 0.2) is 11.7 Å². The molecule has 1 rings (SSSR count). The van der Waals surface area contributed by atoms with Crippen LogP contribution in [-0.4, -0.2) is 88.9 Å². The van der Waals surface area contributed by atoms with Crippen molar-refractivity contribution in [2.75, 3.05) is 13.1 Å². The molecule has 13 N–H and O–H groups in total. The Labute approximate surface area is 261 Å². The van der Waals surface area contributed by atoms with Gasteiger partial charge in [-0.2, -0.15) is 0 Å². The van der Waals surface area contributed by atoms with Crippen molar-refractivity contribution in [1.82, 2.24) is 16.0 Å². The van der Waals surface area contributed by atoms with Gasteiger partial charge < -0.3 is 49.1 Å². The molecular formula is C29H46N8O8. The minimum absolute atomic E-state index is 0.0114. The molecule has 3 unspecified atom stereocenters. The number of carbonyl (C=O) groups is 6. The number of carboxylic acid groups (broad SMARTS) is 2. The fourth-order valence-electron chi connectivity index (χ4n) is 4.28. The third-order valence-electron chi connectivity index (χ3n) is 6.82. The standard InChI is InChI=1S/C29H46N8O8/c1-17(25(41)37-22(28(44)45)15-18-8-3-2-4-9-18)14-23(38)21(16-24(39)40)36-27(43)20(11-5-6-12-30)35-26(42)19(31)10-7-13-34-29(32)33/h2-4,8-9,17,19-22H,5-7,10-16,30-31H2,1H3,(H,35,42)(H,36,43)(H,37,41)(H,39,40)(H,44,45)(H4,32,33,34)/t17?,19-,20?,21-,22?/m0/s1. The summed E-state index contributed by atoms with van der Waals surface area (Å²) in [4.78, 5) is 79.0. The molecule has 5 atom stereocenters. The first-order valence-electron chi connectivity index (χ1n) is 14.7. The lowest BCUT2D eigenvalue weighted by atomic mass is 9.96. The molecule has 0 radical (unpaired) electrons. The van der Waals surface area contributed by atoms with Crippen LogP contribution in [0.4, 0.5) is 0 Å². The van der Waals surface area contributed by atoms with Crippen LogP contribution in [0.1, 0.15) is 57.4 Å². The van der Waals surface area contributed by atoms with Crippen molar-refractivity contribution in [3.63, 3.8) is 0 Å². The van der Waals surface area contributed by atoms with Crippen molar-refractivity contribution in [1.29, 1.82) is 0 Å². The lowest BCUT2D eigenvalue weighted by Gasteiger charge is -2.24. The molecule has 0 aliphatic carbocycles. The highest BCUT2D eigenvalue weighted by molar-refractivity contribution is 5.97. The lowest BCUT2D eigenvalue weighted by Crippen LogP contribution is -2.55. The van der Waals surface area contributed by atoms with E-state index >= 15 is 0 Å². The zero-order valence-corrected chi connectivity index (χ0v) is 25.4. The predicted molar refractivity (Wildman–Crippen MR) is 165 cm³/mol. The molecular weight excluding hydrogens is 588 g/mol.